The lowest BCUT2D eigenvalue weighted by Gasteiger charge is -2.27. The summed E-state index contributed by atoms with van der Waals surface area (Å²) in [4.78, 5) is 0. The summed E-state index contributed by atoms with van der Waals surface area (Å²) in [5, 5.41) is 9.44. The van der Waals surface area contributed by atoms with E-state index in [0.717, 1.165) is 44.1 Å². The van der Waals surface area contributed by atoms with Crippen LogP contribution in [-0.2, 0) is 0 Å². The van der Waals surface area contributed by atoms with E-state index in [4.69, 9.17) is 4.74 Å². The SMILES string of the molecule is C=CCCCOc1ccc(/C=C/C2CCC(c3ccc(-c4ccc(O)cc4)c(F)c3F)CC2)cc1F. The third-order valence-corrected chi connectivity index (χ3v) is 6.83. The Bertz CT molecular complexity index is 1210. The fraction of sp³-hybridized carbons (Fsp3) is 0.290. The molecule has 3 aromatic carbocycles. The van der Waals surface area contributed by atoms with E-state index in [9.17, 15) is 18.3 Å². The lowest BCUT2D eigenvalue weighted by atomic mass is 9.78. The van der Waals surface area contributed by atoms with E-state index in [1.54, 1.807) is 30.3 Å². The first kappa shape index (κ1) is 25.6. The maximum absolute atomic E-state index is 15.0. The summed E-state index contributed by atoms with van der Waals surface area (Å²) < 4.78 is 49.7. The Morgan fingerprint density at radius 2 is 1.67 bits per heavy atom. The van der Waals surface area contributed by atoms with Crippen molar-refractivity contribution in [2.45, 2.75) is 44.4 Å². The highest BCUT2D eigenvalue weighted by molar-refractivity contribution is 5.65. The van der Waals surface area contributed by atoms with Gasteiger partial charge >= 0.3 is 0 Å². The monoisotopic (exact) mass is 492 g/mol. The molecule has 0 spiro atoms. The number of benzene rings is 3. The van der Waals surface area contributed by atoms with Gasteiger partial charge in [0.15, 0.2) is 23.2 Å². The van der Waals surface area contributed by atoms with Crippen LogP contribution in [0, 0.1) is 23.4 Å². The zero-order chi connectivity index (χ0) is 25.5. The van der Waals surface area contributed by atoms with Crippen LogP contribution in [-0.4, -0.2) is 11.7 Å². The minimum Gasteiger partial charge on any atom is -0.508 e. The molecule has 2 nitrogen and oxygen atoms in total. The van der Waals surface area contributed by atoms with Gasteiger partial charge in [-0.1, -0.05) is 48.6 Å². The summed E-state index contributed by atoms with van der Waals surface area (Å²) in [6, 6.07) is 14.3. The molecule has 5 heteroatoms. The quantitative estimate of drug-likeness (QED) is 0.239. The fourth-order valence-electron chi connectivity index (χ4n) is 4.76. The van der Waals surface area contributed by atoms with Gasteiger partial charge in [-0.3, -0.25) is 0 Å². The van der Waals surface area contributed by atoms with Crippen molar-refractivity contribution in [2.24, 2.45) is 5.92 Å². The van der Waals surface area contributed by atoms with E-state index in [2.05, 4.69) is 12.7 Å². The first-order chi connectivity index (χ1) is 17.5. The summed E-state index contributed by atoms with van der Waals surface area (Å²) >= 11 is 0. The van der Waals surface area contributed by atoms with Crippen molar-refractivity contribution in [2.75, 3.05) is 6.61 Å². The molecule has 36 heavy (non-hydrogen) atoms. The number of unbranched alkanes of at least 4 members (excludes halogenated alkanes) is 1. The third-order valence-electron chi connectivity index (χ3n) is 6.83. The lowest BCUT2D eigenvalue weighted by molar-refractivity contribution is 0.296. The van der Waals surface area contributed by atoms with Crippen LogP contribution in [0.25, 0.3) is 17.2 Å². The zero-order valence-electron chi connectivity index (χ0n) is 20.2. The Labute approximate surface area is 210 Å². The highest BCUT2D eigenvalue weighted by Gasteiger charge is 2.25. The third kappa shape index (κ3) is 6.20. The smallest absolute Gasteiger partial charge is 0.166 e. The minimum atomic E-state index is -0.852. The summed E-state index contributed by atoms with van der Waals surface area (Å²) in [6.45, 7) is 4.11. The number of rotatable bonds is 9. The lowest BCUT2D eigenvalue weighted by Crippen LogP contribution is -2.13. The molecule has 1 N–H and O–H groups in total. The number of halogens is 3. The molecule has 0 amide bonds. The molecule has 1 aliphatic rings. The molecule has 0 atom stereocenters. The number of aromatic hydroxyl groups is 1. The van der Waals surface area contributed by atoms with Crippen LogP contribution < -0.4 is 4.74 Å². The van der Waals surface area contributed by atoms with Gasteiger partial charge in [-0.05, 0) is 91.3 Å². The Morgan fingerprint density at radius 1 is 0.917 bits per heavy atom. The zero-order valence-corrected chi connectivity index (χ0v) is 20.2. The van der Waals surface area contributed by atoms with E-state index < -0.39 is 11.6 Å². The fourth-order valence-corrected chi connectivity index (χ4v) is 4.76. The van der Waals surface area contributed by atoms with Crippen molar-refractivity contribution >= 4 is 6.08 Å². The maximum atomic E-state index is 15.0. The summed E-state index contributed by atoms with van der Waals surface area (Å²) in [5.41, 5.74) is 1.90. The molecular weight excluding hydrogens is 461 g/mol. The summed E-state index contributed by atoms with van der Waals surface area (Å²) in [5.74, 6) is -1.42. The van der Waals surface area contributed by atoms with Crippen LogP contribution in [0.5, 0.6) is 11.5 Å². The van der Waals surface area contributed by atoms with E-state index in [-0.39, 0.29) is 28.8 Å². The van der Waals surface area contributed by atoms with Gasteiger partial charge in [-0.2, -0.15) is 0 Å². The first-order valence-electron chi connectivity index (χ1n) is 12.4. The van der Waals surface area contributed by atoms with Crippen LogP contribution in [0.4, 0.5) is 13.2 Å². The number of hydrogen-bond donors (Lipinski definition) is 1. The molecular formula is C31H31F3O2. The molecule has 0 bridgehead atoms. The van der Waals surface area contributed by atoms with E-state index in [0.29, 0.717) is 23.7 Å². The molecule has 1 fully saturated rings. The Kier molecular flexibility index (Phi) is 8.52. The second-order valence-electron chi connectivity index (χ2n) is 9.32. The number of hydrogen-bond acceptors (Lipinski definition) is 2. The van der Waals surface area contributed by atoms with Crippen LogP contribution in [0.3, 0.4) is 0 Å². The minimum absolute atomic E-state index is 0.0343. The van der Waals surface area contributed by atoms with Crippen molar-refractivity contribution in [1.82, 2.24) is 0 Å². The number of allylic oxidation sites excluding steroid dienone is 2. The number of ether oxygens (including phenoxy) is 1. The van der Waals surface area contributed by atoms with Gasteiger partial charge in [0, 0.05) is 5.56 Å². The first-order valence-corrected chi connectivity index (χ1v) is 12.4. The van der Waals surface area contributed by atoms with E-state index in [1.165, 1.54) is 18.2 Å². The Morgan fingerprint density at radius 3 is 2.36 bits per heavy atom. The molecule has 0 heterocycles. The van der Waals surface area contributed by atoms with Gasteiger partial charge in [0.05, 0.1) is 6.61 Å². The van der Waals surface area contributed by atoms with E-state index >= 15 is 0 Å². The van der Waals surface area contributed by atoms with Gasteiger partial charge < -0.3 is 9.84 Å². The maximum Gasteiger partial charge on any atom is 0.166 e. The van der Waals surface area contributed by atoms with Crippen molar-refractivity contribution in [3.8, 4) is 22.6 Å². The Hall–Kier alpha value is -3.47. The van der Waals surface area contributed by atoms with Gasteiger partial charge in [0.25, 0.3) is 0 Å². The standard InChI is InChI=1S/C31H31F3O2/c1-2-3-4-19-36-29-18-9-22(20-28(29)32)6-5-21-7-10-23(11-8-21)26-16-17-27(31(34)30(26)33)24-12-14-25(35)15-13-24/h2,5-6,9,12-18,20-21,23,35H,1,3-4,7-8,10-11,19H2/b6-5+. The predicted molar refractivity (Wildman–Crippen MR) is 139 cm³/mol. The molecule has 0 aliphatic heterocycles. The number of phenolic OH excluding ortho intramolecular Hbond substituents is 1. The molecule has 4 rings (SSSR count). The molecule has 1 aliphatic carbocycles. The van der Waals surface area contributed by atoms with Crippen LogP contribution in [0.2, 0.25) is 0 Å². The molecule has 0 saturated heterocycles. The second-order valence-corrected chi connectivity index (χ2v) is 9.32. The number of phenols is 1. The van der Waals surface area contributed by atoms with E-state index in [1.807, 2.05) is 18.2 Å². The second kappa shape index (κ2) is 12.0. The predicted octanol–water partition coefficient (Wildman–Crippen LogP) is 8.81. The molecule has 0 unspecified atom stereocenters. The van der Waals surface area contributed by atoms with Gasteiger partial charge in [-0.25, -0.2) is 13.2 Å². The van der Waals surface area contributed by atoms with Crippen LogP contribution in [0.15, 0.2) is 73.3 Å². The van der Waals surface area contributed by atoms with Gasteiger partial charge in [0.1, 0.15) is 5.75 Å². The normalized spacial score (nSPS) is 17.9. The van der Waals surface area contributed by atoms with Crippen molar-refractivity contribution < 1.29 is 23.0 Å². The topological polar surface area (TPSA) is 29.5 Å². The van der Waals surface area contributed by atoms with Crippen LogP contribution in [0.1, 0.15) is 55.6 Å². The molecule has 188 valence electrons. The highest BCUT2D eigenvalue weighted by Crippen LogP contribution is 2.39. The average Bonchev–Trinajstić information content (AvgIpc) is 2.89. The van der Waals surface area contributed by atoms with Crippen molar-refractivity contribution in [1.29, 1.82) is 0 Å². The Balaban J connectivity index is 1.34. The summed E-state index contributed by atoms with van der Waals surface area (Å²) in [7, 11) is 0. The van der Waals surface area contributed by atoms with Gasteiger partial charge in [0.2, 0.25) is 0 Å². The molecule has 0 aromatic heterocycles. The van der Waals surface area contributed by atoms with Crippen molar-refractivity contribution in [3.05, 3.63) is 102 Å². The molecule has 1 saturated carbocycles. The van der Waals surface area contributed by atoms with Gasteiger partial charge in [-0.15, -0.1) is 6.58 Å². The average molecular weight is 493 g/mol. The molecule has 3 aromatic rings. The summed E-state index contributed by atoms with van der Waals surface area (Å²) in [6.07, 6.45) is 10.7. The molecule has 0 radical (unpaired) electrons. The van der Waals surface area contributed by atoms with Crippen LogP contribution >= 0.6 is 0 Å². The largest absolute Gasteiger partial charge is 0.508 e. The van der Waals surface area contributed by atoms with Crippen molar-refractivity contribution in [3.63, 3.8) is 0 Å². The highest BCUT2D eigenvalue weighted by atomic mass is 19.2.